The molecule has 1 N–H and O–H groups in total. The summed E-state index contributed by atoms with van der Waals surface area (Å²) in [5.74, 6) is 1.89. The summed E-state index contributed by atoms with van der Waals surface area (Å²) in [5, 5.41) is 3.75. The third-order valence-electron chi connectivity index (χ3n) is 5.69. The fraction of sp³-hybridized carbons (Fsp3) is 1.00. The highest BCUT2D eigenvalue weighted by molar-refractivity contribution is 4.98. The van der Waals surface area contributed by atoms with Gasteiger partial charge in [-0.2, -0.15) is 0 Å². The lowest BCUT2D eigenvalue weighted by atomic mass is 9.72. The van der Waals surface area contributed by atoms with Gasteiger partial charge in [0.15, 0.2) is 0 Å². The maximum atomic E-state index is 3.75. The topological polar surface area (TPSA) is 15.3 Å². The zero-order valence-electron chi connectivity index (χ0n) is 11.7. The molecule has 17 heavy (non-hydrogen) atoms. The molecule has 2 aliphatic heterocycles. The number of piperidine rings is 1. The fourth-order valence-electron chi connectivity index (χ4n) is 4.16. The van der Waals surface area contributed by atoms with Gasteiger partial charge in [-0.25, -0.2) is 0 Å². The lowest BCUT2D eigenvalue weighted by Gasteiger charge is -2.48. The molecule has 98 valence electrons. The molecular weight excluding hydrogens is 208 g/mol. The van der Waals surface area contributed by atoms with Crippen LogP contribution in [0.15, 0.2) is 0 Å². The van der Waals surface area contributed by atoms with Crippen LogP contribution >= 0.6 is 0 Å². The summed E-state index contributed by atoms with van der Waals surface area (Å²) in [7, 11) is 2.39. The van der Waals surface area contributed by atoms with Gasteiger partial charge < -0.3 is 10.2 Å². The molecule has 0 radical (unpaired) electrons. The van der Waals surface area contributed by atoms with E-state index in [0.717, 1.165) is 36.0 Å². The molecule has 2 nitrogen and oxygen atoms in total. The van der Waals surface area contributed by atoms with E-state index in [1.54, 1.807) is 0 Å². The minimum atomic E-state index is 0.835. The van der Waals surface area contributed by atoms with Crippen molar-refractivity contribution in [2.75, 3.05) is 7.05 Å². The van der Waals surface area contributed by atoms with Crippen LogP contribution in [-0.2, 0) is 0 Å². The van der Waals surface area contributed by atoms with Gasteiger partial charge in [-0.1, -0.05) is 13.8 Å². The van der Waals surface area contributed by atoms with Crippen molar-refractivity contribution in [3.8, 4) is 0 Å². The lowest BCUT2D eigenvalue weighted by Crippen LogP contribution is -2.53. The Kier molecular flexibility index (Phi) is 3.20. The lowest BCUT2D eigenvalue weighted by molar-refractivity contribution is 0.0289. The van der Waals surface area contributed by atoms with Gasteiger partial charge >= 0.3 is 0 Å². The Hall–Kier alpha value is -0.0800. The van der Waals surface area contributed by atoms with Crippen LogP contribution in [0.2, 0.25) is 0 Å². The zero-order chi connectivity index (χ0) is 12.0. The normalized spacial score (nSPS) is 45.4. The molecule has 0 aromatic carbocycles. The highest BCUT2D eigenvalue weighted by atomic mass is 15.2. The number of hydrogen-bond donors (Lipinski definition) is 1. The van der Waals surface area contributed by atoms with Crippen molar-refractivity contribution >= 4 is 0 Å². The first kappa shape index (κ1) is 12.0. The second kappa shape index (κ2) is 4.55. The summed E-state index contributed by atoms with van der Waals surface area (Å²) < 4.78 is 0. The van der Waals surface area contributed by atoms with E-state index >= 15 is 0 Å². The summed E-state index contributed by atoms with van der Waals surface area (Å²) >= 11 is 0. The molecule has 2 saturated heterocycles. The number of nitrogens with one attached hydrogen (secondary N) is 1. The van der Waals surface area contributed by atoms with Crippen LogP contribution in [0.5, 0.6) is 0 Å². The Morgan fingerprint density at radius 3 is 2.00 bits per heavy atom. The quantitative estimate of drug-likeness (QED) is 0.810. The predicted molar refractivity (Wildman–Crippen MR) is 72.1 cm³/mol. The smallest absolute Gasteiger partial charge is 0.0125 e. The predicted octanol–water partition coefficient (Wildman–Crippen LogP) is 2.64. The van der Waals surface area contributed by atoms with Crippen molar-refractivity contribution in [1.82, 2.24) is 10.2 Å². The summed E-state index contributed by atoms with van der Waals surface area (Å²) in [4.78, 5) is 2.73. The van der Waals surface area contributed by atoms with Crippen LogP contribution in [-0.4, -0.2) is 36.1 Å². The largest absolute Gasteiger partial charge is 0.311 e. The van der Waals surface area contributed by atoms with Crippen LogP contribution in [0.1, 0.15) is 52.4 Å². The first-order chi connectivity index (χ1) is 8.13. The van der Waals surface area contributed by atoms with Crippen molar-refractivity contribution in [3.05, 3.63) is 0 Å². The van der Waals surface area contributed by atoms with E-state index in [1.165, 1.54) is 38.5 Å². The average Bonchev–Trinajstić information content (AvgIpc) is 2.54. The maximum absolute atomic E-state index is 3.75. The van der Waals surface area contributed by atoms with Crippen LogP contribution < -0.4 is 5.32 Å². The Labute approximate surface area is 106 Å². The highest BCUT2D eigenvalue weighted by Crippen LogP contribution is 2.39. The van der Waals surface area contributed by atoms with Gasteiger partial charge in [0.25, 0.3) is 0 Å². The molecule has 0 aromatic heterocycles. The summed E-state index contributed by atoms with van der Waals surface area (Å²) in [6.07, 6.45) is 8.55. The van der Waals surface area contributed by atoms with Crippen LogP contribution in [0.3, 0.4) is 0 Å². The van der Waals surface area contributed by atoms with Crippen molar-refractivity contribution in [2.45, 2.75) is 76.5 Å². The van der Waals surface area contributed by atoms with E-state index in [4.69, 9.17) is 0 Å². The first-order valence-corrected chi connectivity index (χ1v) is 7.61. The molecule has 3 rings (SSSR count). The Morgan fingerprint density at radius 1 is 0.941 bits per heavy atom. The Morgan fingerprint density at radius 2 is 1.47 bits per heavy atom. The zero-order valence-corrected chi connectivity index (χ0v) is 11.7. The Balaban J connectivity index is 1.52. The number of hydrogen-bond acceptors (Lipinski definition) is 2. The molecule has 2 atom stereocenters. The molecule has 0 amide bonds. The molecule has 3 aliphatic rings. The molecule has 0 aromatic rings. The third kappa shape index (κ3) is 2.26. The van der Waals surface area contributed by atoms with Gasteiger partial charge in [-0.15, -0.1) is 0 Å². The van der Waals surface area contributed by atoms with E-state index < -0.39 is 0 Å². The summed E-state index contributed by atoms with van der Waals surface area (Å²) in [6, 6.07) is 3.43. The second-order valence-electron chi connectivity index (χ2n) is 7.06. The van der Waals surface area contributed by atoms with E-state index in [0.29, 0.717) is 0 Å². The van der Waals surface area contributed by atoms with Gasteiger partial charge in [0.2, 0.25) is 0 Å². The minimum absolute atomic E-state index is 0.835. The fourth-order valence-corrected chi connectivity index (χ4v) is 4.16. The molecular formula is C15H28N2. The number of fused-ring (bicyclic) bond motifs is 2. The van der Waals surface area contributed by atoms with Crippen molar-refractivity contribution in [2.24, 2.45) is 11.8 Å². The molecule has 2 heterocycles. The molecule has 3 fully saturated rings. The van der Waals surface area contributed by atoms with Crippen LogP contribution in [0, 0.1) is 11.8 Å². The molecule has 2 heteroatoms. The van der Waals surface area contributed by atoms with Gasteiger partial charge in [0, 0.05) is 24.2 Å². The molecule has 0 spiro atoms. The summed E-state index contributed by atoms with van der Waals surface area (Å²) in [5.41, 5.74) is 0. The van der Waals surface area contributed by atoms with E-state index in [2.05, 4.69) is 31.1 Å². The van der Waals surface area contributed by atoms with Crippen molar-refractivity contribution in [3.63, 3.8) is 0 Å². The van der Waals surface area contributed by atoms with Gasteiger partial charge in [0.05, 0.1) is 0 Å². The summed E-state index contributed by atoms with van der Waals surface area (Å²) in [6.45, 7) is 4.76. The first-order valence-electron chi connectivity index (χ1n) is 7.61. The van der Waals surface area contributed by atoms with E-state index in [1.807, 2.05) is 0 Å². The van der Waals surface area contributed by atoms with Gasteiger partial charge in [-0.3, -0.25) is 0 Å². The standard InChI is InChI=1S/C15H28N2/c1-10(2)11-6-14(7-11)17(3)15-8-12-4-5-13(9-15)16-12/h10-16H,4-9H2,1-3H3. The maximum Gasteiger partial charge on any atom is 0.0125 e. The van der Waals surface area contributed by atoms with Crippen LogP contribution in [0.25, 0.3) is 0 Å². The molecule has 2 bridgehead atoms. The number of rotatable bonds is 3. The van der Waals surface area contributed by atoms with E-state index in [9.17, 15) is 0 Å². The third-order valence-corrected chi connectivity index (χ3v) is 5.69. The van der Waals surface area contributed by atoms with Crippen molar-refractivity contribution < 1.29 is 0 Å². The van der Waals surface area contributed by atoms with E-state index in [-0.39, 0.29) is 0 Å². The molecule has 1 aliphatic carbocycles. The Bertz CT molecular complexity index is 258. The highest BCUT2D eigenvalue weighted by Gasteiger charge is 2.40. The van der Waals surface area contributed by atoms with Crippen molar-refractivity contribution in [1.29, 1.82) is 0 Å². The number of nitrogens with zero attached hydrogens (tertiary/aromatic N) is 1. The SMILES string of the molecule is CC(C)C1CC(N(C)C2CC3CCC(C2)N3)C1. The van der Waals surface area contributed by atoms with Gasteiger partial charge in [0.1, 0.15) is 0 Å². The average molecular weight is 236 g/mol. The van der Waals surface area contributed by atoms with Crippen LogP contribution in [0.4, 0.5) is 0 Å². The minimum Gasteiger partial charge on any atom is -0.311 e. The second-order valence-corrected chi connectivity index (χ2v) is 7.06. The molecule has 1 saturated carbocycles. The van der Waals surface area contributed by atoms with Gasteiger partial charge in [-0.05, 0) is 57.4 Å². The monoisotopic (exact) mass is 236 g/mol. The molecule has 2 unspecified atom stereocenters.